The number of carbonyl (C=O) groups is 1. The zero-order valence-corrected chi connectivity index (χ0v) is 16.6. The minimum atomic E-state index is -0.0287. The van der Waals surface area contributed by atoms with Gasteiger partial charge in [-0.1, -0.05) is 36.0 Å². The summed E-state index contributed by atoms with van der Waals surface area (Å²) in [5.74, 6) is 0.287. The van der Waals surface area contributed by atoms with E-state index in [1.165, 1.54) is 11.8 Å². The molecule has 1 amide bonds. The van der Waals surface area contributed by atoms with Gasteiger partial charge in [0.1, 0.15) is 0 Å². The number of para-hydroxylation sites is 1. The highest BCUT2D eigenvalue weighted by molar-refractivity contribution is 8.14. The third-order valence-corrected chi connectivity index (χ3v) is 5.11. The van der Waals surface area contributed by atoms with Gasteiger partial charge in [-0.3, -0.25) is 4.79 Å². The van der Waals surface area contributed by atoms with Crippen LogP contribution in [0.1, 0.15) is 11.1 Å². The third-order valence-electron chi connectivity index (χ3n) is 4.10. The van der Waals surface area contributed by atoms with E-state index in [0.29, 0.717) is 19.0 Å². The van der Waals surface area contributed by atoms with Crippen LogP contribution < -0.4 is 5.32 Å². The van der Waals surface area contributed by atoms with Gasteiger partial charge in [0, 0.05) is 18.8 Å². The topological polar surface area (TPSA) is 53.9 Å². The molecule has 2 aromatic rings. The van der Waals surface area contributed by atoms with Crippen LogP contribution in [0.2, 0.25) is 0 Å². The van der Waals surface area contributed by atoms with Crippen LogP contribution in [0.15, 0.2) is 53.5 Å². The quantitative estimate of drug-likeness (QED) is 0.641. The number of rotatable bonds is 4. The second-order valence-corrected chi connectivity index (χ2v) is 7.49. The molecule has 0 saturated carbocycles. The van der Waals surface area contributed by atoms with Gasteiger partial charge in [0.15, 0.2) is 5.17 Å². The number of nitrogens with zero attached hydrogens (tertiary/aromatic N) is 2. The number of ether oxygens (including phenoxy) is 1. The number of aliphatic imine (C=N–C) groups is 1. The number of carbonyl (C=O) groups excluding carboxylic acids is 1. The van der Waals surface area contributed by atoms with Crippen LogP contribution in [0, 0.1) is 13.8 Å². The van der Waals surface area contributed by atoms with Crippen molar-refractivity contribution < 1.29 is 9.53 Å². The first-order valence-corrected chi connectivity index (χ1v) is 10.1. The van der Waals surface area contributed by atoms with E-state index in [2.05, 4.69) is 16.3 Å². The van der Waals surface area contributed by atoms with Gasteiger partial charge in [0.25, 0.3) is 0 Å². The number of hydrogen-bond donors (Lipinski definition) is 1. The highest BCUT2D eigenvalue weighted by Gasteiger charge is 2.17. The van der Waals surface area contributed by atoms with Crippen LogP contribution in [0.3, 0.4) is 0 Å². The van der Waals surface area contributed by atoms with Gasteiger partial charge in [-0.05, 0) is 49.2 Å². The van der Waals surface area contributed by atoms with Crippen molar-refractivity contribution in [2.75, 3.05) is 37.4 Å². The minimum absolute atomic E-state index is 0.0287. The van der Waals surface area contributed by atoms with Gasteiger partial charge < -0.3 is 15.0 Å². The number of anilines is 1. The van der Waals surface area contributed by atoms with Crippen molar-refractivity contribution in [3.05, 3.63) is 59.7 Å². The van der Waals surface area contributed by atoms with Crippen molar-refractivity contribution in [2.45, 2.75) is 13.8 Å². The highest BCUT2D eigenvalue weighted by atomic mass is 32.2. The van der Waals surface area contributed by atoms with Gasteiger partial charge in [-0.2, -0.15) is 0 Å². The maximum Gasteiger partial charge on any atom is 0.234 e. The lowest BCUT2D eigenvalue weighted by Gasteiger charge is -2.29. The normalized spacial score (nSPS) is 14.9. The minimum Gasteiger partial charge on any atom is -0.378 e. The summed E-state index contributed by atoms with van der Waals surface area (Å²) >= 11 is 1.47. The second kappa shape index (κ2) is 9.58. The van der Waals surface area contributed by atoms with Crippen LogP contribution in [-0.2, 0) is 9.53 Å². The lowest BCUT2D eigenvalue weighted by atomic mass is 10.1. The van der Waals surface area contributed by atoms with Crippen molar-refractivity contribution in [3.63, 3.8) is 0 Å². The summed E-state index contributed by atoms with van der Waals surface area (Å²) in [7, 11) is 0. The Bertz CT molecular complexity index is 782. The van der Waals surface area contributed by atoms with Crippen LogP contribution in [-0.4, -0.2) is 48.0 Å². The molecular weight excluding hydrogens is 358 g/mol. The van der Waals surface area contributed by atoms with E-state index in [-0.39, 0.29) is 5.91 Å². The molecule has 27 heavy (non-hydrogen) atoms. The van der Waals surface area contributed by atoms with Crippen LogP contribution in [0.4, 0.5) is 11.4 Å². The fourth-order valence-electron chi connectivity index (χ4n) is 2.94. The molecule has 1 aliphatic rings. The summed E-state index contributed by atoms with van der Waals surface area (Å²) in [6.07, 6.45) is 0. The smallest absolute Gasteiger partial charge is 0.234 e. The number of amidine groups is 1. The third kappa shape index (κ3) is 6.12. The Morgan fingerprint density at radius 2 is 1.78 bits per heavy atom. The largest absolute Gasteiger partial charge is 0.378 e. The molecule has 0 spiro atoms. The maximum absolute atomic E-state index is 12.4. The van der Waals surface area contributed by atoms with Crippen molar-refractivity contribution in [3.8, 4) is 0 Å². The van der Waals surface area contributed by atoms with Crippen LogP contribution in [0.5, 0.6) is 0 Å². The molecule has 2 aromatic carbocycles. The monoisotopic (exact) mass is 383 g/mol. The predicted molar refractivity (Wildman–Crippen MR) is 113 cm³/mol. The molecule has 0 unspecified atom stereocenters. The first-order valence-electron chi connectivity index (χ1n) is 9.07. The molecule has 3 rings (SSSR count). The summed E-state index contributed by atoms with van der Waals surface area (Å²) in [5, 5.41) is 3.85. The van der Waals surface area contributed by atoms with E-state index < -0.39 is 0 Å². The Kier molecular flexibility index (Phi) is 6.90. The highest BCUT2D eigenvalue weighted by Crippen LogP contribution is 2.19. The molecule has 1 fully saturated rings. The Hall–Kier alpha value is -2.31. The SMILES string of the molecule is Cc1cc(C)cc(NC(=O)CSC(=Nc2ccccc2)N2CCOCC2)c1. The first-order chi connectivity index (χ1) is 13.1. The second-order valence-electron chi connectivity index (χ2n) is 6.54. The van der Waals surface area contributed by atoms with Crippen LogP contribution in [0.25, 0.3) is 0 Å². The molecule has 1 N–H and O–H groups in total. The van der Waals surface area contributed by atoms with Crippen molar-refractivity contribution in [1.29, 1.82) is 0 Å². The molecular formula is C21H25N3O2S. The molecule has 1 aliphatic heterocycles. The Morgan fingerprint density at radius 3 is 2.44 bits per heavy atom. The first kappa shape index (κ1) is 19.5. The Labute approximate surface area is 164 Å². The van der Waals surface area contributed by atoms with E-state index in [1.54, 1.807) is 0 Å². The van der Waals surface area contributed by atoms with Crippen molar-refractivity contribution in [2.24, 2.45) is 4.99 Å². The molecule has 0 bridgehead atoms. The van der Waals surface area contributed by atoms with Crippen molar-refractivity contribution in [1.82, 2.24) is 4.90 Å². The molecule has 0 radical (unpaired) electrons. The Balaban J connectivity index is 1.66. The van der Waals surface area contributed by atoms with Gasteiger partial charge in [-0.15, -0.1) is 0 Å². The maximum atomic E-state index is 12.4. The molecule has 1 heterocycles. The zero-order chi connectivity index (χ0) is 19.1. The van der Waals surface area contributed by atoms with Gasteiger partial charge in [0.05, 0.1) is 24.7 Å². The number of hydrogen-bond acceptors (Lipinski definition) is 4. The van der Waals surface area contributed by atoms with Crippen molar-refractivity contribution >= 4 is 34.2 Å². The van der Waals surface area contributed by atoms with E-state index in [9.17, 15) is 4.79 Å². The zero-order valence-electron chi connectivity index (χ0n) is 15.8. The standard InChI is InChI=1S/C21H25N3O2S/c1-16-12-17(2)14-19(13-16)22-20(25)15-27-21(24-8-10-26-11-9-24)23-18-6-4-3-5-7-18/h3-7,12-14H,8-11,15H2,1-2H3,(H,22,25). The molecule has 0 atom stereocenters. The van der Waals surface area contributed by atoms with E-state index in [4.69, 9.17) is 9.73 Å². The van der Waals surface area contributed by atoms with E-state index in [1.807, 2.05) is 56.3 Å². The number of amides is 1. The summed E-state index contributed by atoms with van der Waals surface area (Å²) in [4.78, 5) is 19.4. The predicted octanol–water partition coefficient (Wildman–Crippen LogP) is 4.00. The lowest BCUT2D eigenvalue weighted by molar-refractivity contribution is -0.113. The number of aryl methyl sites for hydroxylation is 2. The van der Waals surface area contributed by atoms with Gasteiger partial charge in [-0.25, -0.2) is 4.99 Å². The van der Waals surface area contributed by atoms with Crippen LogP contribution >= 0.6 is 11.8 Å². The molecule has 1 saturated heterocycles. The molecule has 142 valence electrons. The molecule has 5 nitrogen and oxygen atoms in total. The summed E-state index contributed by atoms with van der Waals surface area (Å²) in [6, 6.07) is 15.9. The lowest BCUT2D eigenvalue weighted by Crippen LogP contribution is -2.39. The van der Waals surface area contributed by atoms with E-state index >= 15 is 0 Å². The fourth-order valence-corrected chi connectivity index (χ4v) is 3.80. The summed E-state index contributed by atoms with van der Waals surface area (Å²) in [6.45, 7) is 7.00. The molecule has 6 heteroatoms. The van der Waals surface area contributed by atoms with E-state index in [0.717, 1.165) is 40.8 Å². The number of benzene rings is 2. The Morgan fingerprint density at radius 1 is 1.11 bits per heavy atom. The number of nitrogens with one attached hydrogen (secondary N) is 1. The number of morpholine rings is 1. The van der Waals surface area contributed by atoms with Gasteiger partial charge in [0.2, 0.25) is 5.91 Å². The average Bonchev–Trinajstić information content (AvgIpc) is 2.66. The average molecular weight is 384 g/mol. The fraction of sp³-hybridized carbons (Fsp3) is 0.333. The van der Waals surface area contributed by atoms with Gasteiger partial charge >= 0.3 is 0 Å². The summed E-state index contributed by atoms with van der Waals surface area (Å²) < 4.78 is 5.44. The molecule has 0 aliphatic carbocycles. The summed E-state index contributed by atoms with van der Waals surface area (Å²) in [5.41, 5.74) is 4.00. The number of thioether (sulfide) groups is 1. The molecule has 0 aromatic heterocycles.